The zero-order valence-corrected chi connectivity index (χ0v) is 27.2. The van der Waals surface area contributed by atoms with Crippen molar-refractivity contribution in [2.24, 2.45) is 0 Å². The van der Waals surface area contributed by atoms with E-state index in [1.165, 1.54) is 21.9 Å². The summed E-state index contributed by atoms with van der Waals surface area (Å²) >= 11 is 0. The van der Waals surface area contributed by atoms with E-state index in [4.69, 9.17) is 15.0 Å². The molecular formula is C45H31N5. The van der Waals surface area contributed by atoms with Gasteiger partial charge in [0.2, 0.25) is 5.95 Å². The monoisotopic (exact) mass is 641 g/mol. The first kappa shape index (κ1) is 28.4. The van der Waals surface area contributed by atoms with E-state index in [9.17, 15) is 0 Å². The summed E-state index contributed by atoms with van der Waals surface area (Å²) in [5, 5.41) is 4.67. The van der Waals surface area contributed by atoms with Crippen LogP contribution in [-0.4, -0.2) is 24.1 Å². The minimum absolute atomic E-state index is 0.598. The highest BCUT2D eigenvalue weighted by Gasteiger charge is 2.24. The van der Waals surface area contributed by atoms with E-state index in [0.29, 0.717) is 17.6 Å². The standard InChI is InChI=1S/C45H31N5/c1-4-16-30(17-5-1)33-22-10-13-25-38(33)49-39-26-14-11-23-34(39)36-28-29-37-35-24-12-15-27-40(35)50(42(37)41(36)49)45-47-43(31-18-6-2-7-19-31)46-44(48-45)32-20-8-3-9-21-32/h1-2,4-8,10-29H,3,9H2. The van der Waals surface area contributed by atoms with Crippen LogP contribution >= 0.6 is 0 Å². The SMILES string of the molecule is C1=CC(c2nc(-c3ccccc3)nc(-n3c4ccccc4c4ccc5c6ccccc6n(-c6ccccc6-c6ccccc6)c5c43)n2)=CCC1. The molecule has 3 aromatic heterocycles. The Hall–Kier alpha value is -6.59. The third kappa shape index (κ3) is 4.44. The molecule has 0 atom stereocenters. The fraction of sp³-hybridized carbons (Fsp3) is 0.0444. The van der Waals surface area contributed by atoms with Gasteiger partial charge >= 0.3 is 0 Å². The van der Waals surface area contributed by atoms with E-state index in [1.807, 2.05) is 18.2 Å². The highest BCUT2D eigenvalue weighted by atomic mass is 15.2. The van der Waals surface area contributed by atoms with Crippen LogP contribution in [0, 0.1) is 0 Å². The number of fused-ring (bicyclic) bond motifs is 7. The van der Waals surface area contributed by atoms with Crippen LogP contribution in [0.15, 0.2) is 164 Å². The third-order valence-electron chi connectivity index (χ3n) is 9.81. The van der Waals surface area contributed by atoms with Gasteiger partial charge in [0, 0.05) is 38.2 Å². The average Bonchev–Trinajstić information content (AvgIpc) is 3.72. The molecule has 0 saturated heterocycles. The van der Waals surface area contributed by atoms with Crippen LogP contribution in [0.3, 0.4) is 0 Å². The van der Waals surface area contributed by atoms with Gasteiger partial charge in [-0.15, -0.1) is 0 Å². The topological polar surface area (TPSA) is 48.5 Å². The van der Waals surface area contributed by atoms with Gasteiger partial charge in [0.05, 0.1) is 27.8 Å². The Bertz CT molecular complexity index is 2800. The smallest absolute Gasteiger partial charge is 0.238 e. The van der Waals surface area contributed by atoms with Gasteiger partial charge in [-0.2, -0.15) is 9.97 Å². The maximum absolute atomic E-state index is 5.27. The van der Waals surface area contributed by atoms with Crippen molar-refractivity contribution in [3.05, 3.63) is 170 Å². The van der Waals surface area contributed by atoms with Crippen LogP contribution in [0.4, 0.5) is 0 Å². The number of nitrogens with zero attached hydrogens (tertiary/aromatic N) is 5. The first-order valence-corrected chi connectivity index (χ1v) is 17.1. The Kier molecular flexibility index (Phi) is 6.56. The first-order valence-electron chi connectivity index (χ1n) is 17.1. The van der Waals surface area contributed by atoms with Gasteiger partial charge in [-0.25, -0.2) is 4.98 Å². The van der Waals surface area contributed by atoms with Gasteiger partial charge in [-0.3, -0.25) is 4.57 Å². The number of hydrogen-bond donors (Lipinski definition) is 0. The van der Waals surface area contributed by atoms with Crippen LogP contribution in [0.1, 0.15) is 18.7 Å². The minimum atomic E-state index is 0.598. The Balaban J connectivity index is 1.38. The number of aromatic nitrogens is 5. The maximum atomic E-state index is 5.27. The number of rotatable bonds is 5. The molecule has 0 aliphatic heterocycles. The molecule has 0 radical (unpaired) electrons. The molecular weight excluding hydrogens is 611 g/mol. The second kappa shape index (κ2) is 11.5. The van der Waals surface area contributed by atoms with Gasteiger partial charge in [-0.1, -0.05) is 146 Å². The molecule has 1 aliphatic carbocycles. The molecule has 0 saturated carbocycles. The summed E-state index contributed by atoms with van der Waals surface area (Å²) in [6.07, 6.45) is 8.56. The number of allylic oxidation sites excluding steroid dienone is 4. The van der Waals surface area contributed by atoms with Gasteiger partial charge in [-0.05, 0) is 36.6 Å². The van der Waals surface area contributed by atoms with Crippen LogP contribution in [0.25, 0.3) is 83.3 Å². The molecule has 10 rings (SSSR count). The Morgan fingerprint density at radius 2 is 1.02 bits per heavy atom. The molecule has 236 valence electrons. The van der Waals surface area contributed by atoms with Crippen molar-refractivity contribution in [1.82, 2.24) is 24.1 Å². The van der Waals surface area contributed by atoms with E-state index in [2.05, 4.69) is 155 Å². The fourth-order valence-corrected chi connectivity index (χ4v) is 7.58. The second-order valence-electron chi connectivity index (χ2n) is 12.7. The molecule has 3 heterocycles. The number of para-hydroxylation sites is 3. The average molecular weight is 642 g/mol. The summed E-state index contributed by atoms with van der Waals surface area (Å²) in [6, 6.07) is 51.4. The normalized spacial score (nSPS) is 13.1. The van der Waals surface area contributed by atoms with Gasteiger partial charge in [0.15, 0.2) is 11.6 Å². The second-order valence-corrected chi connectivity index (χ2v) is 12.7. The van der Waals surface area contributed by atoms with Crippen molar-refractivity contribution in [2.45, 2.75) is 12.8 Å². The van der Waals surface area contributed by atoms with Crippen molar-refractivity contribution >= 4 is 49.2 Å². The van der Waals surface area contributed by atoms with Crippen LogP contribution < -0.4 is 0 Å². The van der Waals surface area contributed by atoms with E-state index in [1.54, 1.807) is 0 Å². The summed E-state index contributed by atoms with van der Waals surface area (Å²) in [5.74, 6) is 1.93. The Morgan fingerprint density at radius 1 is 0.440 bits per heavy atom. The van der Waals surface area contributed by atoms with Crippen molar-refractivity contribution in [2.75, 3.05) is 0 Å². The highest BCUT2D eigenvalue weighted by molar-refractivity contribution is 6.23. The lowest BCUT2D eigenvalue weighted by Crippen LogP contribution is -2.09. The van der Waals surface area contributed by atoms with Crippen LogP contribution in [-0.2, 0) is 0 Å². The molecule has 0 spiro atoms. The molecule has 0 amide bonds. The molecule has 0 N–H and O–H groups in total. The van der Waals surface area contributed by atoms with E-state index < -0.39 is 0 Å². The van der Waals surface area contributed by atoms with Gasteiger partial charge in [0.25, 0.3) is 0 Å². The lowest BCUT2D eigenvalue weighted by atomic mass is 10.0. The summed E-state index contributed by atoms with van der Waals surface area (Å²) in [4.78, 5) is 15.6. The molecule has 1 aliphatic rings. The van der Waals surface area contributed by atoms with E-state index in [-0.39, 0.29) is 0 Å². The van der Waals surface area contributed by atoms with Crippen LogP contribution in [0.2, 0.25) is 0 Å². The zero-order valence-electron chi connectivity index (χ0n) is 27.2. The summed E-state index contributed by atoms with van der Waals surface area (Å²) in [6.45, 7) is 0. The lowest BCUT2D eigenvalue weighted by molar-refractivity contribution is 0.928. The van der Waals surface area contributed by atoms with E-state index >= 15 is 0 Å². The summed E-state index contributed by atoms with van der Waals surface area (Å²) in [7, 11) is 0. The van der Waals surface area contributed by atoms with Crippen molar-refractivity contribution in [3.8, 4) is 34.2 Å². The molecule has 0 fully saturated rings. The van der Waals surface area contributed by atoms with Crippen molar-refractivity contribution in [3.63, 3.8) is 0 Å². The first-order chi connectivity index (χ1) is 24.8. The van der Waals surface area contributed by atoms with Crippen molar-refractivity contribution < 1.29 is 0 Å². The third-order valence-corrected chi connectivity index (χ3v) is 9.81. The van der Waals surface area contributed by atoms with Gasteiger partial charge in [0.1, 0.15) is 0 Å². The molecule has 0 bridgehead atoms. The summed E-state index contributed by atoms with van der Waals surface area (Å²) < 4.78 is 4.70. The molecule has 5 heteroatoms. The highest BCUT2D eigenvalue weighted by Crippen LogP contribution is 2.43. The quantitative estimate of drug-likeness (QED) is 0.188. The molecule has 50 heavy (non-hydrogen) atoms. The van der Waals surface area contributed by atoms with E-state index in [0.717, 1.165) is 62.5 Å². The van der Waals surface area contributed by atoms with Crippen molar-refractivity contribution in [1.29, 1.82) is 0 Å². The maximum Gasteiger partial charge on any atom is 0.238 e. The largest absolute Gasteiger partial charge is 0.307 e. The number of hydrogen-bond acceptors (Lipinski definition) is 3. The predicted molar refractivity (Wildman–Crippen MR) is 206 cm³/mol. The zero-order chi connectivity index (χ0) is 33.0. The Labute approximate surface area is 289 Å². The minimum Gasteiger partial charge on any atom is -0.307 e. The Morgan fingerprint density at radius 3 is 1.72 bits per heavy atom. The number of benzene rings is 6. The van der Waals surface area contributed by atoms with Gasteiger partial charge < -0.3 is 4.57 Å². The molecule has 6 aromatic carbocycles. The molecule has 5 nitrogen and oxygen atoms in total. The lowest BCUT2D eigenvalue weighted by Gasteiger charge is -2.16. The molecule has 0 unspecified atom stereocenters. The van der Waals surface area contributed by atoms with Crippen LogP contribution in [0.5, 0.6) is 0 Å². The predicted octanol–water partition coefficient (Wildman–Crippen LogP) is 11.1. The molecule has 9 aromatic rings. The summed E-state index contributed by atoms with van der Waals surface area (Å²) in [5.41, 5.74) is 9.80. The fourth-order valence-electron chi connectivity index (χ4n) is 7.58.